The molecule has 0 aromatic carbocycles. The first-order valence-electron chi connectivity index (χ1n) is 7.01. The van der Waals surface area contributed by atoms with Gasteiger partial charge in [0.1, 0.15) is 5.25 Å². The van der Waals surface area contributed by atoms with E-state index in [1.165, 1.54) is 18.9 Å². The molecule has 22 heavy (non-hydrogen) atoms. The summed E-state index contributed by atoms with van der Waals surface area (Å²) in [5, 5.41) is 0.480. The van der Waals surface area contributed by atoms with Gasteiger partial charge in [0.2, 0.25) is 0 Å². The van der Waals surface area contributed by atoms with Crippen LogP contribution in [0.1, 0.15) is 19.5 Å². The molecule has 0 N–H and O–H groups in total. The van der Waals surface area contributed by atoms with Crippen LogP contribution in [0.25, 0.3) is 0 Å². The van der Waals surface area contributed by atoms with Crippen molar-refractivity contribution in [2.24, 2.45) is 0 Å². The number of hydrogen-bond donors (Lipinski definition) is 0. The number of carbonyl (C=O) groups excluding carboxylic acids is 1. The molecule has 0 aliphatic carbocycles. The highest BCUT2D eigenvalue weighted by atomic mass is 32.2. The minimum absolute atomic E-state index is 0.0454. The number of esters is 1. The fourth-order valence-corrected chi connectivity index (χ4v) is 4.27. The van der Waals surface area contributed by atoms with Gasteiger partial charge in [-0.25, -0.2) is 4.98 Å². The van der Waals surface area contributed by atoms with Gasteiger partial charge in [-0.1, -0.05) is 18.7 Å². The van der Waals surface area contributed by atoms with Crippen LogP contribution in [0.3, 0.4) is 0 Å². The van der Waals surface area contributed by atoms with Crippen molar-refractivity contribution in [3.8, 4) is 0 Å². The van der Waals surface area contributed by atoms with Gasteiger partial charge in [-0.05, 0) is 6.92 Å². The van der Waals surface area contributed by atoms with Gasteiger partial charge in [0.05, 0.1) is 30.9 Å². The van der Waals surface area contributed by atoms with Crippen LogP contribution in [0.5, 0.6) is 0 Å². The Hall–Kier alpha value is -0.990. The Labute approximate surface area is 138 Å². The maximum absolute atomic E-state index is 12.7. The smallest absolute Gasteiger partial charge is 0.318 e. The molecule has 0 saturated carbocycles. The van der Waals surface area contributed by atoms with Crippen molar-refractivity contribution < 1.29 is 14.3 Å². The van der Waals surface area contributed by atoms with Gasteiger partial charge in [-0.2, -0.15) is 0 Å². The van der Waals surface area contributed by atoms with Crippen molar-refractivity contribution in [3.63, 3.8) is 0 Å². The third kappa shape index (κ3) is 3.67. The van der Waals surface area contributed by atoms with Crippen molar-refractivity contribution in [1.82, 2.24) is 9.55 Å². The van der Waals surface area contributed by atoms with Gasteiger partial charge >= 0.3 is 5.97 Å². The summed E-state index contributed by atoms with van der Waals surface area (Å²) in [6.45, 7) is 4.66. The van der Waals surface area contributed by atoms with E-state index in [2.05, 4.69) is 11.9 Å². The molecular formula is C14H20N2O4S2. The Morgan fingerprint density at radius 3 is 2.91 bits per heavy atom. The highest BCUT2D eigenvalue weighted by Crippen LogP contribution is 2.34. The number of methoxy groups -OCH3 is 2. The molecule has 122 valence electrons. The van der Waals surface area contributed by atoms with Crippen molar-refractivity contribution in [1.29, 1.82) is 0 Å². The molecule has 6 nitrogen and oxygen atoms in total. The van der Waals surface area contributed by atoms with Gasteiger partial charge in [0, 0.05) is 18.8 Å². The van der Waals surface area contributed by atoms with Gasteiger partial charge in [0.15, 0.2) is 5.16 Å². The van der Waals surface area contributed by atoms with E-state index in [9.17, 15) is 9.59 Å². The third-order valence-corrected chi connectivity index (χ3v) is 5.58. The second kappa shape index (κ2) is 7.52. The predicted molar refractivity (Wildman–Crippen MR) is 86.7 cm³/mol. The summed E-state index contributed by atoms with van der Waals surface area (Å²) >= 11 is 2.81. The van der Waals surface area contributed by atoms with E-state index in [0.717, 1.165) is 17.0 Å². The van der Waals surface area contributed by atoms with Crippen LogP contribution in [0.2, 0.25) is 0 Å². The summed E-state index contributed by atoms with van der Waals surface area (Å²) in [6.07, 6.45) is 0.778. The lowest BCUT2D eigenvalue weighted by Gasteiger charge is -2.15. The zero-order valence-electron chi connectivity index (χ0n) is 13.1. The van der Waals surface area contributed by atoms with Crippen molar-refractivity contribution in [2.75, 3.05) is 20.8 Å². The maximum Gasteiger partial charge on any atom is 0.318 e. The van der Waals surface area contributed by atoms with Crippen LogP contribution in [0.4, 0.5) is 0 Å². The molecule has 2 heterocycles. The molecule has 2 atom stereocenters. The monoisotopic (exact) mass is 344 g/mol. The normalized spacial score (nSPS) is 18.1. The van der Waals surface area contributed by atoms with Crippen LogP contribution < -0.4 is 5.56 Å². The zero-order chi connectivity index (χ0) is 16.3. The maximum atomic E-state index is 12.7. The number of fused-ring (bicyclic) bond motifs is 1. The van der Waals surface area contributed by atoms with E-state index in [-0.39, 0.29) is 11.5 Å². The second-order valence-corrected chi connectivity index (χ2v) is 7.79. The Morgan fingerprint density at radius 1 is 1.55 bits per heavy atom. The first kappa shape index (κ1) is 17.4. The first-order valence-corrected chi connectivity index (χ1v) is 8.77. The summed E-state index contributed by atoms with van der Waals surface area (Å²) < 4.78 is 11.4. The van der Waals surface area contributed by atoms with Crippen molar-refractivity contribution in [2.45, 2.75) is 47.4 Å². The van der Waals surface area contributed by atoms with Crippen LogP contribution in [0, 0.1) is 0 Å². The van der Waals surface area contributed by atoms with Gasteiger partial charge in [0.25, 0.3) is 5.56 Å². The van der Waals surface area contributed by atoms with E-state index in [1.54, 1.807) is 30.4 Å². The van der Waals surface area contributed by atoms with Gasteiger partial charge in [-0.15, -0.1) is 11.8 Å². The molecule has 2 rings (SSSR count). The molecular weight excluding hydrogens is 324 g/mol. The average Bonchev–Trinajstić information content (AvgIpc) is 2.86. The Morgan fingerprint density at radius 2 is 2.27 bits per heavy atom. The van der Waals surface area contributed by atoms with Crippen molar-refractivity contribution in [3.05, 3.63) is 16.0 Å². The SMILES string of the molecule is COCCn1c(SC(C)C(=O)OC)nc2c(c1=O)SC(C)C2. The molecule has 1 aliphatic heterocycles. The molecule has 2 unspecified atom stereocenters. The van der Waals surface area contributed by atoms with E-state index in [4.69, 9.17) is 9.47 Å². The number of hydrogen-bond acceptors (Lipinski definition) is 7. The molecule has 0 amide bonds. The summed E-state index contributed by atoms with van der Waals surface area (Å²) in [4.78, 5) is 29.6. The Balaban J connectivity index is 2.38. The Bertz CT molecular complexity index is 618. The number of ether oxygens (including phenoxy) is 2. The molecule has 0 saturated heterocycles. The number of rotatable bonds is 6. The largest absolute Gasteiger partial charge is 0.468 e. The number of nitrogens with zero attached hydrogens (tertiary/aromatic N) is 2. The standard InChI is InChI=1S/C14H20N2O4S2/c1-8-7-10-11(21-8)12(17)16(5-6-19-3)14(15-10)22-9(2)13(18)20-4/h8-9H,5-7H2,1-4H3. The summed E-state index contributed by atoms with van der Waals surface area (Å²) in [6, 6.07) is 0. The quantitative estimate of drug-likeness (QED) is 0.441. The van der Waals surface area contributed by atoms with E-state index < -0.39 is 5.25 Å². The molecule has 8 heteroatoms. The second-order valence-electron chi connectivity index (χ2n) is 5.04. The molecule has 0 bridgehead atoms. The lowest BCUT2D eigenvalue weighted by atomic mass is 10.2. The van der Waals surface area contributed by atoms with E-state index >= 15 is 0 Å². The molecule has 0 fully saturated rings. The highest BCUT2D eigenvalue weighted by molar-refractivity contribution is 8.00. The molecule has 0 radical (unpaired) electrons. The third-order valence-electron chi connectivity index (χ3n) is 3.30. The van der Waals surface area contributed by atoms with Gasteiger partial charge in [-0.3, -0.25) is 14.2 Å². The minimum Gasteiger partial charge on any atom is -0.468 e. The number of thioether (sulfide) groups is 2. The lowest BCUT2D eigenvalue weighted by molar-refractivity contribution is -0.139. The van der Waals surface area contributed by atoms with E-state index in [1.807, 2.05) is 0 Å². The predicted octanol–water partition coefficient (Wildman–Crippen LogP) is 1.58. The Kier molecular flexibility index (Phi) is 5.94. The molecule has 1 aliphatic rings. The van der Waals surface area contributed by atoms with Crippen molar-refractivity contribution >= 4 is 29.5 Å². The number of aromatic nitrogens is 2. The fraction of sp³-hybridized carbons (Fsp3) is 0.643. The van der Waals surface area contributed by atoms with Crippen LogP contribution in [-0.2, 0) is 27.2 Å². The summed E-state index contributed by atoms with van der Waals surface area (Å²) in [5.74, 6) is -0.333. The van der Waals surface area contributed by atoms with E-state index in [0.29, 0.717) is 23.6 Å². The molecule has 1 aromatic rings. The number of carbonyl (C=O) groups is 1. The molecule has 0 spiro atoms. The first-order chi connectivity index (χ1) is 10.5. The fourth-order valence-electron chi connectivity index (χ4n) is 2.17. The van der Waals surface area contributed by atoms with Crippen LogP contribution >= 0.6 is 23.5 Å². The highest BCUT2D eigenvalue weighted by Gasteiger charge is 2.27. The lowest BCUT2D eigenvalue weighted by Crippen LogP contribution is -2.28. The van der Waals surface area contributed by atoms with Crippen LogP contribution in [0.15, 0.2) is 14.8 Å². The summed E-state index contributed by atoms with van der Waals surface area (Å²) in [5.41, 5.74) is 0.784. The topological polar surface area (TPSA) is 70.4 Å². The van der Waals surface area contributed by atoms with Crippen LogP contribution in [-0.4, -0.2) is 46.8 Å². The zero-order valence-corrected chi connectivity index (χ0v) is 14.8. The molecule has 1 aromatic heterocycles. The minimum atomic E-state index is -0.421. The summed E-state index contributed by atoms with van der Waals surface area (Å²) in [7, 11) is 2.94. The van der Waals surface area contributed by atoms with Gasteiger partial charge < -0.3 is 9.47 Å². The average molecular weight is 344 g/mol.